The molecule has 116 valence electrons. The molecule has 0 radical (unpaired) electrons. The Morgan fingerprint density at radius 2 is 2.24 bits per heavy atom. The van der Waals surface area contributed by atoms with Crippen LogP contribution in [0.4, 0.5) is 5.13 Å². The van der Waals surface area contributed by atoms with Gasteiger partial charge in [0.05, 0.1) is 6.61 Å². The fourth-order valence-corrected chi connectivity index (χ4v) is 4.30. The molecule has 1 saturated heterocycles. The number of hydrogen-bond donors (Lipinski definition) is 1. The first-order valence-corrected chi connectivity index (χ1v) is 8.82. The predicted octanol–water partition coefficient (Wildman–Crippen LogP) is 3.22. The van der Waals surface area contributed by atoms with Gasteiger partial charge >= 0.3 is 5.97 Å². The van der Waals surface area contributed by atoms with Crippen LogP contribution in [0.25, 0.3) is 0 Å². The lowest BCUT2D eigenvalue weighted by Gasteiger charge is -2.22. The highest BCUT2D eigenvalue weighted by Crippen LogP contribution is 2.38. The van der Waals surface area contributed by atoms with Crippen molar-refractivity contribution < 1.29 is 14.3 Å². The van der Waals surface area contributed by atoms with E-state index < -0.39 is 5.97 Å². The van der Waals surface area contributed by atoms with Gasteiger partial charge in [0.15, 0.2) is 16.6 Å². The van der Waals surface area contributed by atoms with E-state index in [1.807, 2.05) is 11.8 Å². The largest absolute Gasteiger partial charge is 0.461 e. The molecular weight excluding hydrogens is 308 g/mol. The van der Waals surface area contributed by atoms with Crippen LogP contribution >= 0.6 is 23.1 Å². The first-order valence-electron chi connectivity index (χ1n) is 7.02. The Balaban J connectivity index is 2.11. The van der Waals surface area contributed by atoms with Gasteiger partial charge in [-0.2, -0.15) is 11.8 Å². The molecule has 1 aliphatic heterocycles. The van der Waals surface area contributed by atoms with E-state index in [9.17, 15) is 9.59 Å². The number of carbonyl (C=O) groups is 2. The summed E-state index contributed by atoms with van der Waals surface area (Å²) in [6, 6.07) is 0. The third-order valence-electron chi connectivity index (χ3n) is 3.33. The molecule has 0 amide bonds. The zero-order valence-electron chi connectivity index (χ0n) is 12.5. The van der Waals surface area contributed by atoms with E-state index in [4.69, 9.17) is 4.74 Å². The highest BCUT2D eigenvalue weighted by atomic mass is 32.2. The van der Waals surface area contributed by atoms with E-state index in [2.05, 4.69) is 17.2 Å². The highest BCUT2D eigenvalue weighted by molar-refractivity contribution is 8.00. The van der Waals surface area contributed by atoms with Crippen LogP contribution in [0, 0.1) is 0 Å². The molecule has 1 unspecified atom stereocenters. The fraction of sp³-hybridized carbons (Fsp3) is 0.643. The average molecular weight is 328 g/mol. The topological polar surface area (TPSA) is 68.3 Å². The summed E-state index contributed by atoms with van der Waals surface area (Å²) in [5.74, 6) is 0.488. The Morgan fingerprint density at radius 3 is 2.81 bits per heavy atom. The van der Waals surface area contributed by atoms with Crippen LogP contribution in [0.2, 0.25) is 0 Å². The van der Waals surface area contributed by atoms with Gasteiger partial charge in [0.1, 0.15) is 4.88 Å². The van der Waals surface area contributed by atoms with Crippen LogP contribution in [0.15, 0.2) is 0 Å². The zero-order chi connectivity index (χ0) is 15.5. The number of aromatic nitrogens is 1. The van der Waals surface area contributed by atoms with Crippen molar-refractivity contribution >= 4 is 40.0 Å². The Hall–Kier alpha value is -1.08. The number of carbonyl (C=O) groups excluding carboxylic acids is 2. The molecule has 0 saturated carbocycles. The standard InChI is InChI=1S/C14H20N2O3S2/c1-4-19-12(18)10-11(9(2)17)21-13(16-10)15-8-14(3)6-5-7-20-14/h4-8H2,1-3H3,(H,15,16). The third kappa shape index (κ3) is 3.97. The summed E-state index contributed by atoms with van der Waals surface area (Å²) in [5.41, 5.74) is 0.126. The van der Waals surface area contributed by atoms with E-state index in [-0.39, 0.29) is 22.8 Å². The van der Waals surface area contributed by atoms with Crippen molar-refractivity contribution in [2.45, 2.75) is 38.4 Å². The average Bonchev–Trinajstić information content (AvgIpc) is 3.04. The number of thiazole rings is 1. The number of hydrogen-bond acceptors (Lipinski definition) is 7. The summed E-state index contributed by atoms with van der Waals surface area (Å²) in [6.07, 6.45) is 2.40. The van der Waals surface area contributed by atoms with Crippen LogP contribution in [0.3, 0.4) is 0 Å². The Bertz CT molecular complexity index is 536. The zero-order valence-corrected chi connectivity index (χ0v) is 14.2. The molecule has 0 aliphatic carbocycles. The minimum absolute atomic E-state index is 0.126. The third-order valence-corrected chi connectivity index (χ3v) is 5.98. The number of rotatable bonds is 6. The van der Waals surface area contributed by atoms with Gasteiger partial charge in [0.2, 0.25) is 0 Å². The first kappa shape index (κ1) is 16.3. The molecule has 1 aromatic rings. The first-order chi connectivity index (χ1) is 9.95. The van der Waals surface area contributed by atoms with Gasteiger partial charge in [-0.1, -0.05) is 11.3 Å². The van der Waals surface area contributed by atoms with Gasteiger partial charge in [-0.25, -0.2) is 9.78 Å². The summed E-state index contributed by atoms with van der Waals surface area (Å²) >= 11 is 3.17. The minimum Gasteiger partial charge on any atom is -0.461 e. The number of ether oxygens (including phenoxy) is 1. The van der Waals surface area contributed by atoms with Crippen molar-refractivity contribution in [1.82, 2.24) is 4.98 Å². The molecule has 0 spiro atoms. The van der Waals surface area contributed by atoms with Gasteiger partial charge in [-0.15, -0.1) is 0 Å². The molecule has 1 fully saturated rings. The van der Waals surface area contributed by atoms with Crippen LogP contribution in [0.1, 0.15) is 53.8 Å². The van der Waals surface area contributed by atoms with E-state index in [0.29, 0.717) is 10.0 Å². The quantitative estimate of drug-likeness (QED) is 0.639. The smallest absolute Gasteiger partial charge is 0.358 e. The van der Waals surface area contributed by atoms with Gasteiger partial charge in [0, 0.05) is 18.2 Å². The molecule has 0 bridgehead atoms. The maximum absolute atomic E-state index is 11.8. The van der Waals surface area contributed by atoms with Crippen molar-refractivity contribution in [2.75, 3.05) is 24.2 Å². The van der Waals surface area contributed by atoms with Crippen molar-refractivity contribution in [3.63, 3.8) is 0 Å². The van der Waals surface area contributed by atoms with Gasteiger partial charge in [-0.3, -0.25) is 4.79 Å². The predicted molar refractivity (Wildman–Crippen MR) is 86.7 cm³/mol. The maximum Gasteiger partial charge on any atom is 0.358 e. The lowest BCUT2D eigenvalue weighted by molar-refractivity contribution is 0.0517. The van der Waals surface area contributed by atoms with Gasteiger partial charge < -0.3 is 10.1 Å². The molecule has 1 atom stereocenters. The number of esters is 1. The van der Waals surface area contributed by atoms with E-state index >= 15 is 0 Å². The highest BCUT2D eigenvalue weighted by Gasteiger charge is 2.30. The molecule has 1 N–H and O–H groups in total. The number of anilines is 1. The SMILES string of the molecule is CCOC(=O)c1nc(NCC2(C)CCCS2)sc1C(C)=O. The van der Waals surface area contributed by atoms with Crippen molar-refractivity contribution in [1.29, 1.82) is 0 Å². The molecule has 2 heterocycles. The monoisotopic (exact) mass is 328 g/mol. The molecule has 1 aromatic heterocycles. The maximum atomic E-state index is 11.8. The van der Waals surface area contributed by atoms with Crippen LogP contribution in [0.5, 0.6) is 0 Å². The van der Waals surface area contributed by atoms with Gasteiger partial charge in [-0.05, 0) is 32.4 Å². The number of thioether (sulfide) groups is 1. The minimum atomic E-state index is -0.534. The van der Waals surface area contributed by atoms with Crippen LogP contribution in [-0.2, 0) is 4.74 Å². The number of nitrogens with zero attached hydrogens (tertiary/aromatic N) is 1. The number of Topliss-reactive ketones (excluding diaryl/α,β-unsaturated/α-hetero) is 1. The second-order valence-electron chi connectivity index (χ2n) is 5.23. The lowest BCUT2D eigenvalue weighted by Crippen LogP contribution is -2.27. The Kier molecular flexibility index (Phi) is 5.27. The summed E-state index contributed by atoms with van der Waals surface area (Å²) < 4.78 is 5.15. The summed E-state index contributed by atoms with van der Waals surface area (Å²) in [4.78, 5) is 28.1. The second-order valence-corrected chi connectivity index (χ2v) is 7.91. The molecule has 7 heteroatoms. The summed E-state index contributed by atoms with van der Waals surface area (Å²) in [6.45, 7) is 6.45. The fourth-order valence-electron chi connectivity index (χ4n) is 2.21. The van der Waals surface area contributed by atoms with Crippen LogP contribution in [-0.4, -0.2) is 40.4 Å². The normalized spacial score (nSPS) is 21.3. The van der Waals surface area contributed by atoms with Crippen molar-refractivity contribution in [3.05, 3.63) is 10.6 Å². The molecule has 1 aliphatic rings. The number of ketones is 1. The summed E-state index contributed by atoms with van der Waals surface area (Å²) in [7, 11) is 0. The van der Waals surface area contributed by atoms with E-state index in [1.165, 1.54) is 36.9 Å². The molecule has 21 heavy (non-hydrogen) atoms. The molecular formula is C14H20N2O3S2. The van der Waals surface area contributed by atoms with Crippen molar-refractivity contribution in [3.8, 4) is 0 Å². The number of nitrogens with one attached hydrogen (secondary N) is 1. The Labute approximate surface area is 132 Å². The summed E-state index contributed by atoms with van der Waals surface area (Å²) in [5, 5.41) is 3.87. The van der Waals surface area contributed by atoms with Crippen molar-refractivity contribution in [2.24, 2.45) is 0 Å². The van der Waals surface area contributed by atoms with Crippen LogP contribution < -0.4 is 5.32 Å². The lowest BCUT2D eigenvalue weighted by atomic mass is 10.1. The molecule has 0 aromatic carbocycles. The van der Waals surface area contributed by atoms with E-state index in [0.717, 1.165) is 6.54 Å². The second kappa shape index (κ2) is 6.79. The van der Waals surface area contributed by atoms with Gasteiger partial charge in [0.25, 0.3) is 0 Å². The Morgan fingerprint density at radius 1 is 1.48 bits per heavy atom. The molecule has 2 rings (SSSR count). The molecule has 5 nitrogen and oxygen atoms in total. The van der Waals surface area contributed by atoms with E-state index in [1.54, 1.807) is 6.92 Å².